The zero-order chi connectivity index (χ0) is 15.7. The van der Waals surface area contributed by atoms with E-state index in [1.165, 1.54) is 7.11 Å². The maximum absolute atomic E-state index is 11.6. The third kappa shape index (κ3) is 3.40. The lowest BCUT2D eigenvalue weighted by molar-refractivity contribution is -0.137. The van der Waals surface area contributed by atoms with Crippen LogP contribution in [0.5, 0.6) is 0 Å². The number of methoxy groups -OCH3 is 1. The molecule has 1 aliphatic heterocycles. The predicted molar refractivity (Wildman–Crippen MR) is 76.9 cm³/mol. The van der Waals surface area contributed by atoms with Gasteiger partial charge in [0.1, 0.15) is 5.70 Å². The van der Waals surface area contributed by atoms with E-state index in [9.17, 15) is 9.59 Å². The summed E-state index contributed by atoms with van der Waals surface area (Å²) < 4.78 is 10.7. The maximum atomic E-state index is 11.6. The van der Waals surface area contributed by atoms with Gasteiger partial charge < -0.3 is 14.3 Å². The van der Waals surface area contributed by atoms with Gasteiger partial charge in [-0.25, -0.2) is 9.59 Å². The first-order valence-electron chi connectivity index (χ1n) is 6.48. The van der Waals surface area contributed by atoms with Crippen molar-refractivity contribution in [2.75, 3.05) is 13.7 Å². The summed E-state index contributed by atoms with van der Waals surface area (Å²) >= 11 is 0. The van der Waals surface area contributed by atoms with Crippen LogP contribution >= 0.6 is 0 Å². The van der Waals surface area contributed by atoms with E-state index >= 15 is 0 Å². The minimum atomic E-state index is -2.03. The van der Waals surface area contributed by atoms with Crippen LogP contribution in [0, 0.1) is 0 Å². The zero-order valence-electron chi connectivity index (χ0n) is 12.9. The highest BCUT2D eigenvalue weighted by Gasteiger charge is 2.42. The molecule has 0 saturated heterocycles. The van der Waals surface area contributed by atoms with Crippen LogP contribution in [0.2, 0.25) is 18.1 Å². The van der Waals surface area contributed by atoms with E-state index < -0.39 is 26.5 Å². The largest absolute Gasteiger partial charge is 0.465 e. The fourth-order valence-corrected chi connectivity index (χ4v) is 2.94. The molecule has 0 spiro atoms. The molecule has 0 aromatic carbocycles. The van der Waals surface area contributed by atoms with E-state index in [1.807, 2.05) is 0 Å². The molecule has 114 valence electrons. The Kier molecular flexibility index (Phi) is 4.65. The Morgan fingerprint density at radius 2 is 1.95 bits per heavy atom. The molecule has 1 aliphatic rings. The van der Waals surface area contributed by atoms with E-state index in [0.717, 1.165) is 4.90 Å². The lowest BCUT2D eigenvalue weighted by atomic mass is 10.2. The number of rotatable bonds is 3. The molecule has 0 radical (unpaired) electrons. The monoisotopic (exact) mass is 301 g/mol. The van der Waals surface area contributed by atoms with Crippen molar-refractivity contribution in [1.82, 2.24) is 4.90 Å². The third-order valence-electron chi connectivity index (χ3n) is 3.87. The van der Waals surface area contributed by atoms with Crippen molar-refractivity contribution in [2.24, 2.45) is 0 Å². The van der Waals surface area contributed by atoms with Crippen molar-refractivity contribution in [3.05, 3.63) is 11.8 Å². The fourth-order valence-electron chi connectivity index (χ4n) is 1.69. The number of hydrogen-bond acceptors (Lipinski definition) is 4. The number of ether oxygens (including phenoxy) is 1. The van der Waals surface area contributed by atoms with Gasteiger partial charge in [0, 0.05) is 0 Å². The molecule has 1 atom stereocenters. The number of esters is 1. The van der Waals surface area contributed by atoms with Gasteiger partial charge >= 0.3 is 12.1 Å². The summed E-state index contributed by atoms with van der Waals surface area (Å²) in [6, 6.07) is 0. The van der Waals surface area contributed by atoms with Crippen molar-refractivity contribution < 1.29 is 23.9 Å². The average Bonchev–Trinajstić information content (AvgIpc) is 2.69. The molecule has 0 aliphatic carbocycles. The Balaban J connectivity index is 2.93. The van der Waals surface area contributed by atoms with Crippen LogP contribution in [0.4, 0.5) is 4.79 Å². The molecular weight excluding hydrogens is 278 g/mol. The smallest absolute Gasteiger partial charge is 0.412 e. The maximum Gasteiger partial charge on any atom is 0.412 e. The lowest BCUT2D eigenvalue weighted by Gasteiger charge is -2.38. The standard InChI is InChI=1S/C13H23NO5Si/c1-13(2,3)20(5,6)19-9-7-10(11(15)18-4)14(8-9)12(16)17/h7,9H,8H2,1-6H3,(H,16,17). The Labute approximate surface area is 120 Å². The summed E-state index contributed by atoms with van der Waals surface area (Å²) in [4.78, 5) is 23.7. The van der Waals surface area contributed by atoms with Gasteiger partial charge in [-0.3, -0.25) is 4.90 Å². The van der Waals surface area contributed by atoms with Crippen LogP contribution in [0.15, 0.2) is 11.8 Å². The first-order valence-corrected chi connectivity index (χ1v) is 9.39. The van der Waals surface area contributed by atoms with Crippen LogP contribution in [-0.4, -0.2) is 50.1 Å². The molecule has 1 unspecified atom stereocenters. The van der Waals surface area contributed by atoms with Gasteiger partial charge in [-0.1, -0.05) is 20.8 Å². The second kappa shape index (κ2) is 5.57. The summed E-state index contributed by atoms with van der Waals surface area (Å²) in [5, 5.41) is 9.15. The minimum absolute atomic E-state index is 0.0168. The summed E-state index contributed by atoms with van der Waals surface area (Å²) in [6.07, 6.45) is -0.0375. The zero-order valence-corrected chi connectivity index (χ0v) is 13.9. The topological polar surface area (TPSA) is 76.1 Å². The lowest BCUT2D eigenvalue weighted by Crippen LogP contribution is -2.45. The molecule has 6 nitrogen and oxygen atoms in total. The van der Waals surface area contributed by atoms with Crippen molar-refractivity contribution in [2.45, 2.75) is 45.0 Å². The number of carbonyl (C=O) groups is 2. The molecule has 1 amide bonds. The second-order valence-electron chi connectivity index (χ2n) is 6.35. The normalized spacial score (nSPS) is 19.8. The number of hydrogen-bond donors (Lipinski definition) is 1. The van der Waals surface area contributed by atoms with Crippen molar-refractivity contribution in [3.63, 3.8) is 0 Å². The average molecular weight is 301 g/mol. The third-order valence-corrected chi connectivity index (χ3v) is 8.38. The first-order chi connectivity index (χ1) is 8.99. The summed E-state index contributed by atoms with van der Waals surface area (Å²) in [7, 11) is -0.798. The summed E-state index contributed by atoms with van der Waals surface area (Å²) in [6.45, 7) is 10.6. The minimum Gasteiger partial charge on any atom is -0.465 e. The van der Waals surface area contributed by atoms with Gasteiger partial charge in [-0.15, -0.1) is 0 Å². The Hall–Kier alpha value is -1.34. The van der Waals surface area contributed by atoms with Gasteiger partial charge in [0.05, 0.1) is 19.8 Å². The van der Waals surface area contributed by atoms with E-state index in [-0.39, 0.29) is 17.3 Å². The van der Waals surface area contributed by atoms with Crippen LogP contribution in [0.3, 0.4) is 0 Å². The first kappa shape index (κ1) is 16.7. The van der Waals surface area contributed by atoms with Gasteiger partial charge in [0.25, 0.3) is 0 Å². The van der Waals surface area contributed by atoms with Crippen LogP contribution in [0.25, 0.3) is 0 Å². The van der Waals surface area contributed by atoms with E-state index in [2.05, 4.69) is 38.6 Å². The molecule has 0 fully saturated rings. The number of carboxylic acid groups (broad SMARTS) is 1. The number of carbonyl (C=O) groups excluding carboxylic acids is 1. The number of nitrogens with zero attached hydrogens (tertiary/aromatic N) is 1. The molecule has 1 heterocycles. The molecule has 20 heavy (non-hydrogen) atoms. The highest BCUT2D eigenvalue weighted by Crippen LogP contribution is 2.38. The number of amides is 1. The fraction of sp³-hybridized carbons (Fsp3) is 0.692. The molecule has 0 aromatic rings. The molecule has 1 N–H and O–H groups in total. The van der Waals surface area contributed by atoms with Crippen molar-refractivity contribution in [3.8, 4) is 0 Å². The highest BCUT2D eigenvalue weighted by atomic mass is 28.4. The van der Waals surface area contributed by atoms with Gasteiger partial charge in [0.15, 0.2) is 8.32 Å². The van der Waals surface area contributed by atoms with E-state index in [4.69, 9.17) is 9.53 Å². The Bertz CT molecular complexity index is 439. The molecule has 7 heteroatoms. The predicted octanol–water partition coefficient (Wildman–Crippen LogP) is 2.43. The molecule has 0 saturated carbocycles. The van der Waals surface area contributed by atoms with E-state index in [0.29, 0.717) is 0 Å². The molecule has 0 bridgehead atoms. The van der Waals surface area contributed by atoms with Crippen LogP contribution in [-0.2, 0) is 14.0 Å². The summed E-state index contributed by atoms with van der Waals surface area (Å²) in [5.41, 5.74) is 0.0312. The molecule has 0 aromatic heterocycles. The Morgan fingerprint density at radius 1 is 1.40 bits per heavy atom. The highest BCUT2D eigenvalue weighted by molar-refractivity contribution is 6.74. The molecule has 1 rings (SSSR count). The summed E-state index contributed by atoms with van der Waals surface area (Å²) in [5.74, 6) is -0.659. The SMILES string of the molecule is COC(=O)C1=CC(O[Si](C)(C)C(C)(C)C)CN1C(=O)O. The van der Waals surface area contributed by atoms with Crippen molar-refractivity contribution in [1.29, 1.82) is 0 Å². The van der Waals surface area contributed by atoms with Gasteiger partial charge in [-0.05, 0) is 24.2 Å². The van der Waals surface area contributed by atoms with Gasteiger partial charge in [0.2, 0.25) is 0 Å². The van der Waals surface area contributed by atoms with Crippen LogP contribution in [0.1, 0.15) is 20.8 Å². The van der Waals surface area contributed by atoms with Gasteiger partial charge in [-0.2, -0.15) is 0 Å². The Morgan fingerprint density at radius 3 is 2.35 bits per heavy atom. The van der Waals surface area contributed by atoms with Crippen molar-refractivity contribution >= 4 is 20.4 Å². The molecular formula is C13H23NO5Si. The second-order valence-corrected chi connectivity index (χ2v) is 11.1. The van der Waals surface area contributed by atoms with Crippen LogP contribution < -0.4 is 0 Å². The van der Waals surface area contributed by atoms with E-state index in [1.54, 1.807) is 6.08 Å². The quantitative estimate of drug-likeness (QED) is 0.640.